The highest BCUT2D eigenvalue weighted by Crippen LogP contribution is 2.14. The fourth-order valence-corrected chi connectivity index (χ4v) is 7.50. The maximum atomic E-state index is 12.7. The second-order valence-electron chi connectivity index (χ2n) is 18.5. The zero-order chi connectivity index (χ0) is 50.0. The van der Waals surface area contributed by atoms with Gasteiger partial charge in [0.25, 0.3) is 0 Å². The molecule has 0 aromatic carbocycles. The molecular weight excluding hydrogens is 853 g/mol. The van der Waals surface area contributed by atoms with Gasteiger partial charge in [-0.15, -0.1) is 0 Å². The van der Waals surface area contributed by atoms with Gasteiger partial charge in [0.15, 0.2) is 6.10 Å². The van der Waals surface area contributed by atoms with Crippen molar-refractivity contribution in [1.29, 1.82) is 0 Å². The maximum Gasteiger partial charge on any atom is 0.306 e. The fraction of sp³-hybridized carbons (Fsp3) is 0.667. The van der Waals surface area contributed by atoms with Crippen molar-refractivity contribution in [2.24, 2.45) is 0 Å². The van der Waals surface area contributed by atoms with Crippen molar-refractivity contribution in [2.45, 2.75) is 258 Å². The molecule has 1 atom stereocenters. The second kappa shape index (κ2) is 56.7. The van der Waals surface area contributed by atoms with Crippen LogP contribution in [0.25, 0.3) is 0 Å². The lowest BCUT2D eigenvalue weighted by Gasteiger charge is -2.18. The van der Waals surface area contributed by atoms with E-state index in [1.807, 2.05) is 0 Å². The molecule has 6 nitrogen and oxygen atoms in total. The Bertz CT molecular complexity index is 1420. The molecule has 392 valence electrons. The van der Waals surface area contributed by atoms with Crippen LogP contribution >= 0.6 is 0 Å². The van der Waals surface area contributed by atoms with E-state index in [4.69, 9.17) is 14.2 Å². The Morgan fingerprint density at radius 3 is 0.928 bits per heavy atom. The Morgan fingerprint density at radius 2 is 0.580 bits per heavy atom. The molecule has 0 saturated heterocycles. The lowest BCUT2D eigenvalue weighted by atomic mass is 10.1. The van der Waals surface area contributed by atoms with E-state index in [9.17, 15) is 14.4 Å². The number of esters is 3. The largest absolute Gasteiger partial charge is 0.462 e. The molecule has 0 fully saturated rings. The second-order valence-corrected chi connectivity index (χ2v) is 18.5. The smallest absolute Gasteiger partial charge is 0.306 e. The summed E-state index contributed by atoms with van der Waals surface area (Å²) in [7, 11) is 0. The van der Waals surface area contributed by atoms with Crippen molar-refractivity contribution in [1.82, 2.24) is 0 Å². The van der Waals surface area contributed by atoms with E-state index in [0.29, 0.717) is 19.3 Å². The molecule has 0 aliphatic carbocycles. The van der Waals surface area contributed by atoms with Crippen molar-refractivity contribution in [3.63, 3.8) is 0 Å². The lowest BCUT2D eigenvalue weighted by molar-refractivity contribution is -0.167. The molecule has 0 spiro atoms. The minimum Gasteiger partial charge on any atom is -0.462 e. The van der Waals surface area contributed by atoms with Crippen LogP contribution < -0.4 is 0 Å². The van der Waals surface area contributed by atoms with E-state index in [0.717, 1.165) is 135 Å². The summed E-state index contributed by atoms with van der Waals surface area (Å²) >= 11 is 0. The average molecular weight is 958 g/mol. The first-order chi connectivity index (χ1) is 34.0. The number of carbonyl (C=O) groups excluding carboxylic acids is 3. The molecule has 0 radical (unpaired) electrons. The predicted molar refractivity (Wildman–Crippen MR) is 297 cm³/mol. The zero-order valence-corrected chi connectivity index (χ0v) is 44.8. The van der Waals surface area contributed by atoms with Gasteiger partial charge in [-0.1, -0.05) is 239 Å². The molecule has 0 aromatic rings. The zero-order valence-electron chi connectivity index (χ0n) is 44.8. The summed E-state index contributed by atoms with van der Waals surface area (Å²) in [4.78, 5) is 37.8. The molecule has 69 heavy (non-hydrogen) atoms. The number of ether oxygens (including phenoxy) is 3. The maximum absolute atomic E-state index is 12.7. The van der Waals surface area contributed by atoms with Gasteiger partial charge >= 0.3 is 17.9 Å². The fourth-order valence-electron chi connectivity index (χ4n) is 7.50. The van der Waals surface area contributed by atoms with Gasteiger partial charge in [0, 0.05) is 19.3 Å². The molecule has 0 aliphatic rings. The summed E-state index contributed by atoms with van der Waals surface area (Å²) in [6.45, 7) is 6.40. The molecule has 6 heteroatoms. The van der Waals surface area contributed by atoms with Gasteiger partial charge in [0.05, 0.1) is 0 Å². The SMILES string of the molecule is CC/C=C\C/C=C\C/C=C\C/C=C\C/C=C\C/C=C\C/C=C\CCCCCCCCCCCC(=O)OCC(COC(=O)CCCCCCCC)OC(=O)CCCCCCC/C=C\C/C=C\CCCC. The number of hydrogen-bond acceptors (Lipinski definition) is 6. The highest BCUT2D eigenvalue weighted by molar-refractivity contribution is 5.71. The third-order valence-corrected chi connectivity index (χ3v) is 11.8. The van der Waals surface area contributed by atoms with Crippen LogP contribution in [0.4, 0.5) is 0 Å². The first kappa shape index (κ1) is 65.1. The van der Waals surface area contributed by atoms with E-state index in [1.165, 1.54) is 77.0 Å². The van der Waals surface area contributed by atoms with Crippen LogP contribution in [0.15, 0.2) is 109 Å². The van der Waals surface area contributed by atoms with Crippen molar-refractivity contribution >= 4 is 17.9 Å². The molecule has 0 saturated carbocycles. The van der Waals surface area contributed by atoms with Crippen molar-refractivity contribution < 1.29 is 28.6 Å². The Morgan fingerprint density at radius 1 is 0.304 bits per heavy atom. The average Bonchev–Trinajstić information content (AvgIpc) is 3.35. The number of rotatable bonds is 50. The number of hydrogen-bond donors (Lipinski definition) is 0. The molecular formula is C63H104O6. The summed E-state index contributed by atoms with van der Waals surface area (Å²) in [5, 5.41) is 0. The monoisotopic (exact) mass is 957 g/mol. The summed E-state index contributed by atoms with van der Waals surface area (Å²) < 4.78 is 16.7. The number of allylic oxidation sites excluding steroid dienone is 18. The highest BCUT2D eigenvalue weighted by Gasteiger charge is 2.19. The summed E-state index contributed by atoms with van der Waals surface area (Å²) in [5.41, 5.74) is 0. The third-order valence-electron chi connectivity index (χ3n) is 11.8. The number of carbonyl (C=O) groups is 3. The van der Waals surface area contributed by atoms with Gasteiger partial charge < -0.3 is 14.2 Å². The molecule has 0 aliphatic heterocycles. The van der Waals surface area contributed by atoms with Gasteiger partial charge in [-0.3, -0.25) is 14.4 Å². The minimum atomic E-state index is -0.785. The Balaban J connectivity index is 4.12. The predicted octanol–water partition coefficient (Wildman–Crippen LogP) is 19.1. The van der Waals surface area contributed by atoms with Crippen molar-refractivity contribution in [3.05, 3.63) is 109 Å². The van der Waals surface area contributed by atoms with E-state index < -0.39 is 6.10 Å². The molecule has 0 heterocycles. The first-order valence-corrected chi connectivity index (χ1v) is 28.4. The van der Waals surface area contributed by atoms with Gasteiger partial charge in [0.2, 0.25) is 0 Å². The van der Waals surface area contributed by atoms with Crippen LogP contribution in [0, 0.1) is 0 Å². The normalized spacial score (nSPS) is 12.9. The van der Waals surface area contributed by atoms with Crippen molar-refractivity contribution in [3.8, 4) is 0 Å². The lowest BCUT2D eigenvalue weighted by Crippen LogP contribution is -2.30. The quantitative estimate of drug-likeness (QED) is 0.0262. The highest BCUT2D eigenvalue weighted by atomic mass is 16.6. The van der Waals surface area contributed by atoms with Gasteiger partial charge in [-0.2, -0.15) is 0 Å². The van der Waals surface area contributed by atoms with Crippen LogP contribution in [0.5, 0.6) is 0 Å². The topological polar surface area (TPSA) is 78.9 Å². The molecule has 0 bridgehead atoms. The third kappa shape index (κ3) is 54.9. The van der Waals surface area contributed by atoms with E-state index in [2.05, 4.69) is 130 Å². The van der Waals surface area contributed by atoms with Gasteiger partial charge in [-0.05, 0) is 103 Å². The van der Waals surface area contributed by atoms with Crippen LogP contribution in [0.1, 0.15) is 252 Å². The molecule has 0 aromatic heterocycles. The van der Waals surface area contributed by atoms with Crippen LogP contribution in [0.3, 0.4) is 0 Å². The van der Waals surface area contributed by atoms with Crippen LogP contribution in [0.2, 0.25) is 0 Å². The standard InChI is InChI=1S/C63H104O6/c1-4-7-10-13-16-18-20-22-24-25-26-27-28-29-30-31-32-33-34-35-36-37-38-39-40-42-43-45-47-50-53-56-62(65)68-59-60(58-67-61(64)55-52-49-15-12-9-6-3)69-63(66)57-54-51-48-46-44-41-23-21-19-17-14-11-8-5-2/h7,10,14,16-18,21-24,26-27,29-30,32-33,35-36,60H,4-6,8-9,11-13,15,19-20,25,28,31,34,37-59H2,1-3H3/b10-7-,17-14-,18-16-,23-21-,24-22-,27-26-,30-29-,33-32-,36-35-. The molecule has 0 rings (SSSR count). The Hall–Kier alpha value is -3.93. The Kier molecular flexibility index (Phi) is 53.4. The number of unbranched alkanes of at least 4 members (excludes halogenated alkanes) is 21. The molecule has 0 N–H and O–H groups in total. The van der Waals surface area contributed by atoms with E-state index in [1.54, 1.807) is 0 Å². The Labute approximate surface area is 425 Å². The summed E-state index contributed by atoms with van der Waals surface area (Å²) in [6, 6.07) is 0. The van der Waals surface area contributed by atoms with Gasteiger partial charge in [-0.25, -0.2) is 0 Å². The first-order valence-electron chi connectivity index (χ1n) is 28.4. The van der Waals surface area contributed by atoms with Crippen LogP contribution in [-0.2, 0) is 28.6 Å². The minimum absolute atomic E-state index is 0.0858. The van der Waals surface area contributed by atoms with Crippen molar-refractivity contribution in [2.75, 3.05) is 13.2 Å². The van der Waals surface area contributed by atoms with Gasteiger partial charge in [0.1, 0.15) is 13.2 Å². The summed E-state index contributed by atoms with van der Waals surface area (Å²) in [6.07, 6.45) is 76.8. The molecule has 1 unspecified atom stereocenters. The van der Waals surface area contributed by atoms with Crippen LogP contribution in [-0.4, -0.2) is 37.2 Å². The van der Waals surface area contributed by atoms with E-state index >= 15 is 0 Å². The molecule has 0 amide bonds. The van der Waals surface area contributed by atoms with E-state index in [-0.39, 0.29) is 31.1 Å². The summed E-state index contributed by atoms with van der Waals surface area (Å²) in [5.74, 6) is -0.918.